The number of ether oxygens (including phenoxy) is 2. The lowest BCUT2D eigenvalue weighted by atomic mass is 10.1. The lowest BCUT2D eigenvalue weighted by Gasteiger charge is -2.14. The molecule has 0 aliphatic carbocycles. The molecule has 4 nitrogen and oxygen atoms in total. The summed E-state index contributed by atoms with van der Waals surface area (Å²) in [7, 11) is 0. The molecule has 34 heavy (non-hydrogen) atoms. The number of benzene rings is 3. The van der Waals surface area contributed by atoms with Gasteiger partial charge in [-0.1, -0.05) is 72.0 Å². The normalized spacial score (nSPS) is 14.7. The van der Waals surface area contributed by atoms with Crippen LogP contribution in [0.5, 0.6) is 11.5 Å². The number of thiocarbonyl (C=S) groups is 1. The predicted octanol–water partition coefficient (Wildman–Crippen LogP) is 6.51. The van der Waals surface area contributed by atoms with E-state index in [4.69, 9.17) is 21.7 Å². The van der Waals surface area contributed by atoms with Crippen molar-refractivity contribution >= 4 is 40.3 Å². The Morgan fingerprint density at radius 1 is 0.971 bits per heavy atom. The summed E-state index contributed by atoms with van der Waals surface area (Å²) in [5, 5.41) is 0. The zero-order valence-corrected chi connectivity index (χ0v) is 20.5. The van der Waals surface area contributed by atoms with Crippen molar-refractivity contribution in [1.82, 2.24) is 4.90 Å². The molecule has 4 rings (SSSR count). The minimum atomic E-state index is -0.285. The highest BCUT2D eigenvalue weighted by Gasteiger charge is 2.32. The third-order valence-corrected chi connectivity index (χ3v) is 6.59. The molecular weight excluding hydrogens is 469 g/mol. The van der Waals surface area contributed by atoms with Crippen LogP contribution in [0.15, 0.2) is 71.6 Å². The molecule has 0 saturated carbocycles. The molecular formula is C27H24FNO3S2. The first-order valence-electron chi connectivity index (χ1n) is 10.9. The van der Waals surface area contributed by atoms with Crippen LogP contribution in [0, 0.1) is 12.7 Å². The van der Waals surface area contributed by atoms with E-state index in [0.717, 1.165) is 16.7 Å². The summed E-state index contributed by atoms with van der Waals surface area (Å²) in [5.74, 6) is 0.765. The van der Waals surface area contributed by atoms with Gasteiger partial charge in [-0.25, -0.2) is 4.39 Å². The predicted molar refractivity (Wildman–Crippen MR) is 138 cm³/mol. The Labute approximate surface area is 208 Å². The van der Waals surface area contributed by atoms with Gasteiger partial charge in [-0.2, -0.15) is 0 Å². The van der Waals surface area contributed by atoms with Gasteiger partial charge in [-0.05, 0) is 60.9 Å². The first-order valence-corrected chi connectivity index (χ1v) is 12.1. The number of hydrogen-bond acceptors (Lipinski definition) is 5. The molecule has 0 atom stereocenters. The van der Waals surface area contributed by atoms with Crippen molar-refractivity contribution in [2.75, 3.05) is 6.61 Å². The molecule has 1 saturated heterocycles. The second-order valence-electron chi connectivity index (χ2n) is 7.81. The zero-order chi connectivity index (χ0) is 24.1. The van der Waals surface area contributed by atoms with Gasteiger partial charge in [-0.3, -0.25) is 9.69 Å². The van der Waals surface area contributed by atoms with Crippen molar-refractivity contribution in [3.8, 4) is 11.5 Å². The minimum Gasteiger partial charge on any atom is -0.490 e. The molecule has 0 aromatic heterocycles. The lowest BCUT2D eigenvalue weighted by molar-refractivity contribution is -0.122. The van der Waals surface area contributed by atoms with Crippen molar-refractivity contribution in [3.63, 3.8) is 0 Å². The van der Waals surface area contributed by atoms with Gasteiger partial charge in [0.05, 0.1) is 18.1 Å². The molecule has 7 heteroatoms. The summed E-state index contributed by atoms with van der Waals surface area (Å²) >= 11 is 6.77. The molecule has 1 fully saturated rings. The summed E-state index contributed by atoms with van der Waals surface area (Å²) < 4.78 is 25.3. The summed E-state index contributed by atoms with van der Waals surface area (Å²) in [6.45, 7) is 5.13. The summed E-state index contributed by atoms with van der Waals surface area (Å²) in [6, 6.07) is 19.8. The molecule has 0 radical (unpaired) electrons. The number of aryl methyl sites for hydroxylation is 1. The van der Waals surface area contributed by atoms with E-state index in [1.165, 1.54) is 29.5 Å². The maximum atomic E-state index is 13.1. The first kappa shape index (κ1) is 24.0. The number of carbonyl (C=O) groups excluding carboxylic acids is 1. The highest BCUT2D eigenvalue weighted by molar-refractivity contribution is 8.26. The maximum Gasteiger partial charge on any atom is 0.266 e. The van der Waals surface area contributed by atoms with Crippen LogP contribution < -0.4 is 9.47 Å². The third-order valence-electron chi connectivity index (χ3n) is 5.21. The average Bonchev–Trinajstić information content (AvgIpc) is 3.08. The van der Waals surface area contributed by atoms with Gasteiger partial charge < -0.3 is 9.47 Å². The molecule has 3 aromatic rings. The van der Waals surface area contributed by atoms with E-state index in [0.29, 0.717) is 33.9 Å². The Bertz CT molecular complexity index is 1220. The monoisotopic (exact) mass is 493 g/mol. The fourth-order valence-corrected chi connectivity index (χ4v) is 4.66. The van der Waals surface area contributed by atoms with E-state index in [1.807, 2.05) is 62.4 Å². The van der Waals surface area contributed by atoms with E-state index < -0.39 is 0 Å². The highest BCUT2D eigenvalue weighted by atomic mass is 32.2. The van der Waals surface area contributed by atoms with Crippen LogP contribution in [-0.2, 0) is 17.9 Å². The molecule has 1 aliphatic rings. The fraction of sp³-hybridized carbons (Fsp3) is 0.185. The molecule has 1 amide bonds. The largest absolute Gasteiger partial charge is 0.490 e. The quantitative estimate of drug-likeness (QED) is 0.264. The topological polar surface area (TPSA) is 38.8 Å². The van der Waals surface area contributed by atoms with Gasteiger partial charge in [0.25, 0.3) is 5.91 Å². The van der Waals surface area contributed by atoms with E-state index >= 15 is 0 Å². The van der Waals surface area contributed by atoms with Crippen LogP contribution in [0.25, 0.3) is 6.08 Å². The molecule has 3 aromatic carbocycles. The number of rotatable bonds is 8. The first-order chi connectivity index (χ1) is 16.4. The van der Waals surface area contributed by atoms with Crippen LogP contribution in [-0.4, -0.2) is 21.7 Å². The van der Waals surface area contributed by atoms with Crippen LogP contribution in [0.1, 0.15) is 29.2 Å². The standard InChI is InChI=1S/C27H24FNO3S2/c1-3-31-24-14-21(10-13-23(24)32-17-20-8-11-22(28)12-9-20)15-25-26(30)29(27(33)34-25)16-19-6-4-18(2)5-7-19/h4-15H,3,16-17H2,1-2H3/b25-15-. The number of amides is 1. The molecule has 0 N–H and O–H groups in total. The fourth-order valence-electron chi connectivity index (χ4n) is 3.41. The molecule has 0 unspecified atom stereocenters. The Morgan fingerprint density at radius 2 is 1.68 bits per heavy atom. The van der Waals surface area contributed by atoms with Crippen molar-refractivity contribution in [2.24, 2.45) is 0 Å². The van der Waals surface area contributed by atoms with E-state index in [2.05, 4.69) is 0 Å². The average molecular weight is 494 g/mol. The SMILES string of the molecule is CCOc1cc(/C=C2\SC(=S)N(Cc3ccc(C)cc3)C2=O)ccc1OCc1ccc(F)cc1. The molecule has 1 heterocycles. The summed E-state index contributed by atoms with van der Waals surface area (Å²) in [4.78, 5) is 15.2. The number of carbonyl (C=O) groups is 1. The highest BCUT2D eigenvalue weighted by Crippen LogP contribution is 2.36. The summed E-state index contributed by atoms with van der Waals surface area (Å²) in [6.07, 6.45) is 1.82. The van der Waals surface area contributed by atoms with E-state index in [1.54, 1.807) is 17.0 Å². The number of nitrogens with zero attached hydrogens (tertiary/aromatic N) is 1. The lowest BCUT2D eigenvalue weighted by Crippen LogP contribution is -2.27. The molecule has 0 spiro atoms. The second-order valence-corrected chi connectivity index (χ2v) is 9.48. The Balaban J connectivity index is 1.49. The van der Waals surface area contributed by atoms with Crippen LogP contribution in [0.3, 0.4) is 0 Å². The van der Waals surface area contributed by atoms with E-state index in [-0.39, 0.29) is 18.3 Å². The van der Waals surface area contributed by atoms with Gasteiger partial charge in [-0.15, -0.1) is 0 Å². The Morgan fingerprint density at radius 3 is 2.38 bits per heavy atom. The van der Waals surface area contributed by atoms with Crippen molar-refractivity contribution in [1.29, 1.82) is 0 Å². The summed E-state index contributed by atoms with van der Waals surface area (Å²) in [5.41, 5.74) is 3.87. The zero-order valence-electron chi connectivity index (χ0n) is 18.9. The van der Waals surface area contributed by atoms with Crippen LogP contribution in [0.4, 0.5) is 4.39 Å². The molecule has 174 valence electrons. The van der Waals surface area contributed by atoms with Crippen molar-refractivity contribution < 1.29 is 18.7 Å². The smallest absolute Gasteiger partial charge is 0.266 e. The van der Waals surface area contributed by atoms with Gasteiger partial charge >= 0.3 is 0 Å². The van der Waals surface area contributed by atoms with Crippen LogP contribution in [0.2, 0.25) is 0 Å². The Kier molecular flexibility index (Phi) is 7.65. The second kappa shape index (κ2) is 10.8. The van der Waals surface area contributed by atoms with E-state index in [9.17, 15) is 9.18 Å². The number of hydrogen-bond donors (Lipinski definition) is 0. The number of halogens is 1. The van der Waals surface area contributed by atoms with Gasteiger partial charge in [0.1, 0.15) is 16.7 Å². The minimum absolute atomic E-state index is 0.106. The number of thioether (sulfide) groups is 1. The third kappa shape index (κ3) is 5.85. The van der Waals surface area contributed by atoms with Crippen LogP contribution >= 0.6 is 24.0 Å². The van der Waals surface area contributed by atoms with Gasteiger partial charge in [0.2, 0.25) is 0 Å². The maximum absolute atomic E-state index is 13.1. The van der Waals surface area contributed by atoms with Crippen molar-refractivity contribution in [3.05, 3.63) is 99.7 Å². The molecule has 0 bridgehead atoms. The Hall–Kier alpha value is -3.16. The van der Waals surface area contributed by atoms with Gasteiger partial charge in [0.15, 0.2) is 11.5 Å². The van der Waals surface area contributed by atoms with Crippen molar-refractivity contribution in [2.45, 2.75) is 27.0 Å². The van der Waals surface area contributed by atoms with Gasteiger partial charge in [0, 0.05) is 0 Å². The molecule has 1 aliphatic heterocycles.